The van der Waals surface area contributed by atoms with Gasteiger partial charge in [0.2, 0.25) is 10.0 Å². The zero-order chi connectivity index (χ0) is 12.8. The highest BCUT2D eigenvalue weighted by molar-refractivity contribution is 9.10. The minimum atomic E-state index is -3.99. The Hall–Kier alpha value is -1.45. The van der Waals surface area contributed by atoms with Gasteiger partial charge < -0.3 is 10.5 Å². The van der Waals surface area contributed by atoms with Crippen LogP contribution in [-0.4, -0.2) is 25.2 Å². The summed E-state index contributed by atoms with van der Waals surface area (Å²) in [6, 6.07) is 2.71. The van der Waals surface area contributed by atoms with Crippen molar-refractivity contribution in [2.24, 2.45) is 10.3 Å². The Balaban J connectivity index is 2.82. The summed E-state index contributed by atoms with van der Waals surface area (Å²) in [5, 5.41) is 18.8. The Kier molecular flexibility index (Phi) is 2.68. The van der Waals surface area contributed by atoms with Gasteiger partial charge in [0.05, 0.1) is 5.69 Å². The lowest BCUT2D eigenvalue weighted by atomic mass is 10.1. The van der Waals surface area contributed by atoms with Crippen LogP contribution in [0.4, 0.5) is 5.69 Å². The molecule has 9 heteroatoms. The molecule has 1 aromatic rings. The van der Waals surface area contributed by atoms with E-state index < -0.39 is 15.9 Å². The van der Waals surface area contributed by atoms with Crippen LogP contribution in [0.3, 0.4) is 0 Å². The molecule has 2 rings (SSSR count). The van der Waals surface area contributed by atoms with Crippen molar-refractivity contribution in [1.82, 2.24) is 0 Å². The molecule has 0 unspecified atom stereocenters. The predicted octanol–water partition coefficient (Wildman–Crippen LogP) is 0.227. The van der Waals surface area contributed by atoms with Crippen LogP contribution in [0.1, 0.15) is 5.56 Å². The average molecular weight is 320 g/mol. The molecule has 0 fully saturated rings. The molecule has 0 aliphatic carbocycles. The first-order valence-corrected chi connectivity index (χ1v) is 6.58. The largest absolute Gasteiger partial charge is 0.410 e. The van der Waals surface area contributed by atoms with E-state index in [1.165, 1.54) is 12.1 Å². The van der Waals surface area contributed by atoms with Gasteiger partial charge in [-0.3, -0.25) is 4.79 Å². The lowest BCUT2D eigenvalue weighted by Crippen LogP contribution is -2.16. The Morgan fingerprint density at radius 1 is 1.41 bits per heavy atom. The Bertz CT molecular complexity index is 653. The third-order valence-electron chi connectivity index (χ3n) is 2.18. The summed E-state index contributed by atoms with van der Waals surface area (Å²) < 4.78 is 23.1. The van der Waals surface area contributed by atoms with E-state index in [1.54, 1.807) is 0 Å². The van der Waals surface area contributed by atoms with Gasteiger partial charge in [0, 0.05) is 10.0 Å². The van der Waals surface area contributed by atoms with Gasteiger partial charge in [0.1, 0.15) is 4.90 Å². The highest BCUT2D eigenvalue weighted by atomic mass is 79.9. The maximum absolute atomic E-state index is 11.4. The molecule has 0 saturated heterocycles. The van der Waals surface area contributed by atoms with Crippen molar-refractivity contribution in [2.45, 2.75) is 4.90 Å². The van der Waals surface area contributed by atoms with Gasteiger partial charge in [0.25, 0.3) is 5.91 Å². The lowest BCUT2D eigenvalue weighted by Gasteiger charge is -2.06. The van der Waals surface area contributed by atoms with Crippen LogP contribution in [0.5, 0.6) is 0 Å². The second kappa shape index (κ2) is 3.79. The van der Waals surface area contributed by atoms with Crippen molar-refractivity contribution in [2.75, 3.05) is 5.32 Å². The van der Waals surface area contributed by atoms with Crippen LogP contribution in [0.15, 0.2) is 26.7 Å². The number of primary sulfonamides is 1. The van der Waals surface area contributed by atoms with Gasteiger partial charge in [-0.2, -0.15) is 0 Å². The summed E-state index contributed by atoms with van der Waals surface area (Å²) in [5.41, 5.74) is -0.0596. The molecule has 1 amide bonds. The normalized spacial score (nSPS) is 17.1. The third kappa shape index (κ3) is 1.92. The Morgan fingerprint density at radius 3 is 2.59 bits per heavy atom. The number of nitrogens with one attached hydrogen (secondary N) is 1. The summed E-state index contributed by atoms with van der Waals surface area (Å²) in [6.07, 6.45) is 0. The Morgan fingerprint density at radius 2 is 2.06 bits per heavy atom. The number of sulfonamides is 1. The smallest absolute Gasteiger partial charge is 0.278 e. The van der Waals surface area contributed by atoms with Gasteiger partial charge >= 0.3 is 0 Å². The molecular formula is C8H6BrN3O4S. The van der Waals surface area contributed by atoms with Crippen LogP contribution >= 0.6 is 15.9 Å². The number of nitrogens with two attached hydrogens (primary N) is 1. The lowest BCUT2D eigenvalue weighted by molar-refractivity contribution is -0.110. The fraction of sp³-hybridized carbons (Fsp3) is 0. The first-order valence-electron chi connectivity index (χ1n) is 4.24. The van der Waals surface area contributed by atoms with Crippen molar-refractivity contribution in [3.63, 3.8) is 0 Å². The van der Waals surface area contributed by atoms with Crippen LogP contribution < -0.4 is 10.5 Å². The summed E-state index contributed by atoms with van der Waals surface area (Å²) in [6.45, 7) is 0. The van der Waals surface area contributed by atoms with Crippen molar-refractivity contribution in [3.05, 3.63) is 22.2 Å². The Labute approximate surface area is 104 Å². The minimum absolute atomic E-state index is 0.0218. The van der Waals surface area contributed by atoms with Crippen molar-refractivity contribution in [1.29, 1.82) is 0 Å². The number of carbonyl (C=O) groups is 1. The van der Waals surface area contributed by atoms with E-state index in [9.17, 15) is 13.2 Å². The molecule has 1 aliphatic rings. The van der Waals surface area contributed by atoms with Crippen molar-refractivity contribution < 1.29 is 18.4 Å². The van der Waals surface area contributed by atoms with Crippen LogP contribution in [-0.2, 0) is 14.8 Å². The number of fused-ring (bicyclic) bond motifs is 1. The number of hydrogen-bond acceptors (Lipinski definition) is 5. The van der Waals surface area contributed by atoms with E-state index in [1.807, 2.05) is 0 Å². The van der Waals surface area contributed by atoms with E-state index in [0.717, 1.165) is 0 Å². The second-order valence-corrected chi connectivity index (χ2v) is 5.72. The molecule has 1 aromatic carbocycles. The quantitative estimate of drug-likeness (QED) is 0.506. The van der Waals surface area contributed by atoms with Gasteiger partial charge in [-0.05, 0) is 12.1 Å². The first kappa shape index (κ1) is 12.0. The number of rotatable bonds is 1. The number of hydrogen-bond donors (Lipinski definition) is 3. The topological polar surface area (TPSA) is 122 Å². The first-order chi connectivity index (χ1) is 7.84. The van der Waals surface area contributed by atoms with Crippen molar-refractivity contribution in [3.8, 4) is 0 Å². The van der Waals surface area contributed by atoms with E-state index in [2.05, 4.69) is 26.4 Å². The zero-order valence-electron chi connectivity index (χ0n) is 8.14. The fourth-order valence-corrected chi connectivity index (χ4v) is 2.86. The van der Waals surface area contributed by atoms with E-state index in [4.69, 9.17) is 10.3 Å². The summed E-state index contributed by atoms with van der Waals surface area (Å²) >= 11 is 3.09. The van der Waals surface area contributed by atoms with Gasteiger partial charge in [-0.25, -0.2) is 13.6 Å². The molecule has 1 aliphatic heterocycles. The molecule has 90 valence electrons. The maximum Gasteiger partial charge on any atom is 0.278 e. The van der Waals surface area contributed by atoms with E-state index in [0.29, 0.717) is 4.47 Å². The summed E-state index contributed by atoms with van der Waals surface area (Å²) in [4.78, 5) is 11.2. The number of amides is 1. The van der Waals surface area contributed by atoms with Crippen LogP contribution in [0, 0.1) is 0 Å². The average Bonchev–Trinajstić information content (AvgIpc) is 2.50. The molecule has 0 saturated carbocycles. The highest BCUT2D eigenvalue weighted by Gasteiger charge is 2.32. The third-order valence-corrected chi connectivity index (χ3v) is 3.58. The highest BCUT2D eigenvalue weighted by Crippen LogP contribution is 2.33. The van der Waals surface area contributed by atoms with Gasteiger partial charge in [0.15, 0.2) is 5.71 Å². The SMILES string of the molecule is NS(=O)(=O)c1cc(Br)cc2c1NC(=O)/C2=N\O. The number of nitrogens with zero attached hydrogens (tertiary/aromatic N) is 1. The molecule has 0 aromatic heterocycles. The zero-order valence-corrected chi connectivity index (χ0v) is 10.5. The summed E-state index contributed by atoms with van der Waals surface area (Å²) in [7, 11) is -3.99. The van der Waals surface area contributed by atoms with Crippen LogP contribution in [0.25, 0.3) is 0 Å². The van der Waals surface area contributed by atoms with Crippen LogP contribution in [0.2, 0.25) is 0 Å². The molecule has 0 bridgehead atoms. The van der Waals surface area contributed by atoms with E-state index in [-0.39, 0.29) is 21.9 Å². The predicted molar refractivity (Wildman–Crippen MR) is 62.5 cm³/mol. The number of oxime groups is 1. The molecule has 1 heterocycles. The molecule has 7 nitrogen and oxygen atoms in total. The summed E-state index contributed by atoms with van der Waals surface area (Å²) in [5.74, 6) is -0.689. The molecule has 4 N–H and O–H groups in total. The number of carbonyl (C=O) groups excluding carboxylic acids is 1. The van der Waals surface area contributed by atoms with Gasteiger partial charge in [-0.15, -0.1) is 0 Å². The standard InChI is InChI=1S/C8H6BrN3O4S/c9-3-1-4-6(5(2-3)17(10,15)16)11-8(13)7(4)12-14/h1-2,14H,(H2,10,15,16)(H,11,12,13). The van der Waals surface area contributed by atoms with E-state index >= 15 is 0 Å². The number of halogens is 1. The van der Waals surface area contributed by atoms with Gasteiger partial charge in [-0.1, -0.05) is 21.1 Å². The monoisotopic (exact) mass is 319 g/mol. The fourth-order valence-electron chi connectivity index (χ4n) is 1.52. The number of benzene rings is 1. The maximum atomic E-state index is 11.4. The molecular weight excluding hydrogens is 314 g/mol. The molecule has 0 spiro atoms. The molecule has 17 heavy (non-hydrogen) atoms. The number of anilines is 1. The second-order valence-electron chi connectivity index (χ2n) is 3.27. The minimum Gasteiger partial charge on any atom is -0.410 e. The molecule has 0 atom stereocenters. The van der Waals surface area contributed by atoms with Crippen molar-refractivity contribution >= 4 is 43.3 Å². The molecule has 0 radical (unpaired) electrons.